The number of unbranched alkanes of at least 4 members (excludes halogenated alkanes) is 2. The first-order valence-corrected chi connectivity index (χ1v) is 7.66. The summed E-state index contributed by atoms with van der Waals surface area (Å²) in [5, 5.41) is 8.62. The first-order valence-electron chi connectivity index (χ1n) is 6.18. The molecule has 7 nitrogen and oxygen atoms in total. The molecule has 0 radical (unpaired) electrons. The Morgan fingerprint density at radius 1 is 1.25 bits per heavy atom. The van der Waals surface area contributed by atoms with E-state index in [1.165, 1.54) is 18.2 Å². The lowest BCUT2D eigenvalue weighted by molar-refractivity contribution is 0.1000. The molecule has 0 heterocycles. The minimum Gasteiger partial charge on any atom is -0.398 e. The lowest BCUT2D eigenvalue weighted by atomic mass is 10.2. The SMILES string of the molecule is NC(=O)c1ccc(S(=O)(=O)NCCCCCO)c(N)c1. The maximum absolute atomic E-state index is 12.0. The van der Waals surface area contributed by atoms with Crippen LogP contribution in [0, 0.1) is 0 Å². The van der Waals surface area contributed by atoms with Crippen molar-refractivity contribution in [3.05, 3.63) is 23.8 Å². The van der Waals surface area contributed by atoms with Crippen molar-refractivity contribution in [2.24, 2.45) is 5.73 Å². The van der Waals surface area contributed by atoms with Gasteiger partial charge in [-0.25, -0.2) is 13.1 Å². The third-order valence-electron chi connectivity index (χ3n) is 2.71. The number of nitrogens with two attached hydrogens (primary N) is 2. The van der Waals surface area contributed by atoms with Gasteiger partial charge in [-0.2, -0.15) is 0 Å². The number of carbonyl (C=O) groups excluding carboxylic acids is 1. The largest absolute Gasteiger partial charge is 0.398 e. The van der Waals surface area contributed by atoms with Crippen LogP contribution in [0.3, 0.4) is 0 Å². The lowest BCUT2D eigenvalue weighted by Crippen LogP contribution is -2.26. The fourth-order valence-corrected chi connectivity index (χ4v) is 2.83. The van der Waals surface area contributed by atoms with Gasteiger partial charge in [-0.15, -0.1) is 0 Å². The van der Waals surface area contributed by atoms with Crippen molar-refractivity contribution >= 4 is 21.6 Å². The molecule has 0 fully saturated rings. The predicted octanol–water partition coefficient (Wildman–Crippen LogP) is -0.191. The van der Waals surface area contributed by atoms with E-state index in [1.54, 1.807) is 0 Å². The van der Waals surface area contributed by atoms with Gasteiger partial charge in [0.1, 0.15) is 4.90 Å². The number of aliphatic hydroxyl groups is 1. The van der Waals surface area contributed by atoms with E-state index in [9.17, 15) is 13.2 Å². The lowest BCUT2D eigenvalue weighted by Gasteiger charge is -2.09. The fourth-order valence-electron chi connectivity index (χ4n) is 1.64. The molecule has 0 bridgehead atoms. The van der Waals surface area contributed by atoms with Gasteiger partial charge in [-0.3, -0.25) is 4.79 Å². The highest BCUT2D eigenvalue weighted by Crippen LogP contribution is 2.19. The van der Waals surface area contributed by atoms with Crippen LogP contribution in [0.15, 0.2) is 23.1 Å². The molecular weight excluding hydrogens is 282 g/mol. The summed E-state index contributed by atoms with van der Waals surface area (Å²) in [4.78, 5) is 10.9. The summed E-state index contributed by atoms with van der Waals surface area (Å²) in [6, 6.07) is 3.81. The number of anilines is 1. The highest BCUT2D eigenvalue weighted by atomic mass is 32.2. The molecule has 1 aromatic rings. The molecule has 0 aromatic heterocycles. The summed E-state index contributed by atoms with van der Waals surface area (Å²) >= 11 is 0. The summed E-state index contributed by atoms with van der Waals surface area (Å²) in [6.45, 7) is 0.355. The van der Waals surface area contributed by atoms with Crippen LogP contribution in [0.4, 0.5) is 5.69 Å². The van der Waals surface area contributed by atoms with Crippen molar-refractivity contribution in [2.45, 2.75) is 24.2 Å². The monoisotopic (exact) mass is 301 g/mol. The maximum atomic E-state index is 12.0. The number of rotatable bonds is 8. The number of sulfonamides is 1. The van der Waals surface area contributed by atoms with E-state index in [-0.39, 0.29) is 29.3 Å². The van der Waals surface area contributed by atoms with Crippen molar-refractivity contribution in [1.29, 1.82) is 0 Å². The Balaban J connectivity index is 2.75. The Morgan fingerprint density at radius 2 is 1.95 bits per heavy atom. The van der Waals surface area contributed by atoms with Gasteiger partial charge in [-0.1, -0.05) is 0 Å². The van der Waals surface area contributed by atoms with Crippen molar-refractivity contribution < 1.29 is 18.3 Å². The van der Waals surface area contributed by atoms with E-state index in [1.807, 2.05) is 0 Å². The van der Waals surface area contributed by atoms with Crippen molar-refractivity contribution in [3.8, 4) is 0 Å². The van der Waals surface area contributed by atoms with Crippen LogP contribution in [0.2, 0.25) is 0 Å². The molecule has 0 aliphatic heterocycles. The van der Waals surface area contributed by atoms with Crippen LogP contribution in [0.25, 0.3) is 0 Å². The zero-order valence-corrected chi connectivity index (χ0v) is 11.8. The normalized spacial score (nSPS) is 11.4. The average molecular weight is 301 g/mol. The molecule has 1 rings (SSSR count). The van der Waals surface area contributed by atoms with Gasteiger partial charge in [0, 0.05) is 18.7 Å². The van der Waals surface area contributed by atoms with Gasteiger partial charge in [0.05, 0.1) is 5.69 Å². The average Bonchev–Trinajstić information content (AvgIpc) is 2.37. The second-order valence-electron chi connectivity index (χ2n) is 4.30. The third-order valence-corrected chi connectivity index (χ3v) is 4.25. The molecule has 1 amide bonds. The first kappa shape index (κ1) is 16.4. The summed E-state index contributed by atoms with van der Waals surface area (Å²) < 4.78 is 26.4. The molecule has 0 spiro atoms. The Kier molecular flexibility index (Phi) is 5.93. The fraction of sp³-hybridized carbons (Fsp3) is 0.417. The van der Waals surface area contributed by atoms with E-state index in [2.05, 4.69) is 4.72 Å². The first-order chi connectivity index (χ1) is 9.38. The number of nitrogens with one attached hydrogen (secondary N) is 1. The number of amides is 1. The second-order valence-corrected chi connectivity index (χ2v) is 6.03. The van der Waals surface area contributed by atoms with Gasteiger partial charge in [0.25, 0.3) is 0 Å². The van der Waals surface area contributed by atoms with Crippen molar-refractivity contribution in [2.75, 3.05) is 18.9 Å². The summed E-state index contributed by atoms with van der Waals surface area (Å²) in [7, 11) is -3.71. The summed E-state index contributed by atoms with van der Waals surface area (Å²) in [5.41, 5.74) is 10.9. The maximum Gasteiger partial charge on any atom is 0.248 e. The van der Waals surface area contributed by atoms with Crippen LogP contribution in [0.5, 0.6) is 0 Å². The number of hydrogen-bond donors (Lipinski definition) is 4. The molecule has 0 unspecified atom stereocenters. The van der Waals surface area contributed by atoms with E-state index >= 15 is 0 Å². The number of benzene rings is 1. The van der Waals surface area contributed by atoms with Gasteiger partial charge >= 0.3 is 0 Å². The van der Waals surface area contributed by atoms with E-state index in [0.717, 1.165) is 6.42 Å². The minimum absolute atomic E-state index is 0.0239. The Labute approximate surface area is 118 Å². The highest BCUT2D eigenvalue weighted by molar-refractivity contribution is 7.89. The third kappa shape index (κ3) is 4.48. The molecule has 6 N–H and O–H groups in total. The zero-order valence-electron chi connectivity index (χ0n) is 11.0. The zero-order chi connectivity index (χ0) is 15.2. The van der Waals surface area contributed by atoms with Crippen LogP contribution in [0.1, 0.15) is 29.6 Å². The van der Waals surface area contributed by atoms with Gasteiger partial charge in [0.15, 0.2) is 0 Å². The smallest absolute Gasteiger partial charge is 0.248 e. The number of hydrogen-bond acceptors (Lipinski definition) is 5. The topological polar surface area (TPSA) is 136 Å². The molecule has 112 valence electrons. The van der Waals surface area contributed by atoms with Crippen molar-refractivity contribution in [3.63, 3.8) is 0 Å². The quantitative estimate of drug-likeness (QED) is 0.390. The van der Waals surface area contributed by atoms with E-state index < -0.39 is 15.9 Å². The van der Waals surface area contributed by atoms with E-state index in [0.29, 0.717) is 12.8 Å². The minimum atomic E-state index is -3.71. The van der Waals surface area contributed by atoms with Crippen LogP contribution < -0.4 is 16.2 Å². The number of primary amides is 1. The Hall–Kier alpha value is -1.64. The molecule has 0 saturated carbocycles. The molecule has 20 heavy (non-hydrogen) atoms. The molecule has 0 aliphatic carbocycles. The van der Waals surface area contributed by atoms with Gasteiger partial charge in [-0.05, 0) is 37.5 Å². The molecule has 8 heteroatoms. The van der Waals surface area contributed by atoms with Crippen molar-refractivity contribution in [1.82, 2.24) is 4.72 Å². The Morgan fingerprint density at radius 3 is 2.50 bits per heavy atom. The molecule has 0 aliphatic rings. The number of nitrogen functional groups attached to an aromatic ring is 1. The number of aliphatic hydroxyl groups excluding tert-OH is 1. The van der Waals surface area contributed by atoms with Crippen LogP contribution in [-0.2, 0) is 10.0 Å². The number of carbonyl (C=O) groups is 1. The second kappa shape index (κ2) is 7.22. The van der Waals surface area contributed by atoms with Gasteiger partial charge < -0.3 is 16.6 Å². The highest BCUT2D eigenvalue weighted by Gasteiger charge is 2.17. The predicted molar refractivity (Wildman–Crippen MR) is 75.5 cm³/mol. The van der Waals surface area contributed by atoms with Gasteiger partial charge in [0.2, 0.25) is 15.9 Å². The van der Waals surface area contributed by atoms with Crippen LogP contribution >= 0.6 is 0 Å². The molecule has 0 atom stereocenters. The molecular formula is C12H19N3O4S. The standard InChI is InChI=1S/C12H19N3O4S/c13-10-8-9(12(14)17)4-5-11(10)20(18,19)15-6-2-1-3-7-16/h4-5,8,15-16H,1-3,6-7,13H2,(H2,14,17). The molecule has 0 saturated heterocycles. The van der Waals surface area contributed by atoms with E-state index in [4.69, 9.17) is 16.6 Å². The summed E-state index contributed by atoms with van der Waals surface area (Å²) in [6.07, 6.45) is 1.99. The summed E-state index contributed by atoms with van der Waals surface area (Å²) in [5.74, 6) is -0.669. The molecule has 1 aromatic carbocycles. The van der Waals surface area contributed by atoms with Crippen LogP contribution in [-0.4, -0.2) is 32.6 Å². The Bertz CT molecular complexity index is 572.